The van der Waals surface area contributed by atoms with E-state index in [0.29, 0.717) is 31.2 Å². The summed E-state index contributed by atoms with van der Waals surface area (Å²) < 4.78 is 242. The molecule has 0 aliphatic carbocycles. The molecule has 1 aliphatic heterocycles. The van der Waals surface area contributed by atoms with Crippen molar-refractivity contribution >= 4 is 11.6 Å². The van der Waals surface area contributed by atoms with Crippen LogP contribution in [0.5, 0.6) is 0 Å². The summed E-state index contributed by atoms with van der Waals surface area (Å²) in [6.45, 7) is 0.305. The van der Waals surface area contributed by atoms with Crippen molar-refractivity contribution in [2.24, 2.45) is 5.10 Å². The van der Waals surface area contributed by atoms with Gasteiger partial charge in [-0.25, -0.2) is 4.39 Å². The summed E-state index contributed by atoms with van der Waals surface area (Å²) in [6, 6.07) is 2.27. The first-order valence-electron chi connectivity index (χ1n) is 9.98. The smallest absolute Gasteiger partial charge is 0.369 e. The molecule has 0 saturated heterocycles. The fourth-order valence-corrected chi connectivity index (χ4v) is 3.15. The Kier molecular flexibility index (Phi) is 7.76. The van der Waals surface area contributed by atoms with Gasteiger partial charge in [0.25, 0.3) is 5.91 Å². The molecule has 1 aliphatic rings. The minimum Gasteiger partial charge on any atom is -0.369 e. The van der Waals surface area contributed by atoms with Crippen LogP contribution in [0.1, 0.15) is 23.7 Å². The van der Waals surface area contributed by atoms with E-state index in [4.69, 9.17) is 0 Å². The number of aliphatic hydroxyl groups is 1. The average Bonchev–Trinajstić information content (AvgIpc) is 3.13. The van der Waals surface area contributed by atoms with E-state index in [-0.39, 0.29) is 0 Å². The van der Waals surface area contributed by atoms with Gasteiger partial charge in [-0.05, 0) is 31.2 Å². The van der Waals surface area contributed by atoms with Gasteiger partial charge in [0.1, 0.15) is 11.5 Å². The molecule has 0 saturated carbocycles. The van der Waals surface area contributed by atoms with Crippen LogP contribution in [0, 0.1) is 5.82 Å². The van der Waals surface area contributed by atoms with Crippen LogP contribution >= 0.6 is 0 Å². The number of carbonyl (C=O) groups is 1. The predicted octanol–water partition coefficient (Wildman–Crippen LogP) is 6.75. The Morgan fingerprint density at radius 3 is 1.46 bits per heavy atom. The van der Waals surface area contributed by atoms with E-state index in [1.807, 2.05) is 0 Å². The van der Waals surface area contributed by atoms with Crippen LogP contribution in [0.15, 0.2) is 29.4 Å². The largest absolute Gasteiger partial charge is 0.460 e. The van der Waals surface area contributed by atoms with Crippen LogP contribution in [0.2, 0.25) is 0 Å². The van der Waals surface area contributed by atoms with Gasteiger partial charge in [0.05, 0.1) is 0 Å². The van der Waals surface area contributed by atoms with Gasteiger partial charge in [0, 0.05) is 12.0 Å². The first kappa shape index (κ1) is 34.3. The molecule has 0 fully saturated rings. The number of amides is 1. The Hall–Kier alpha value is -2.94. The number of halogens is 18. The van der Waals surface area contributed by atoms with Crippen molar-refractivity contribution in [2.45, 2.75) is 66.7 Å². The Morgan fingerprint density at radius 1 is 0.707 bits per heavy atom. The summed E-state index contributed by atoms with van der Waals surface area (Å²) >= 11 is 0. The number of hydrazone groups is 1. The molecule has 0 aromatic heterocycles. The zero-order chi connectivity index (χ0) is 32.6. The Bertz CT molecular complexity index is 1200. The summed E-state index contributed by atoms with van der Waals surface area (Å²) in [6.07, 6.45) is -10.0. The lowest BCUT2D eigenvalue weighted by molar-refractivity contribution is -0.458. The van der Waals surface area contributed by atoms with Crippen molar-refractivity contribution < 1.29 is 88.9 Å². The highest BCUT2D eigenvalue weighted by molar-refractivity contribution is 6.00. The van der Waals surface area contributed by atoms with Crippen LogP contribution in [0.3, 0.4) is 0 Å². The molecule has 1 heterocycles. The van der Waals surface area contributed by atoms with Gasteiger partial charge in [-0.2, -0.15) is 84.7 Å². The molecule has 0 unspecified atom stereocenters. The lowest BCUT2D eigenvalue weighted by atomic mass is 9.87. The van der Waals surface area contributed by atoms with E-state index in [2.05, 4.69) is 5.10 Å². The van der Waals surface area contributed by atoms with Crippen molar-refractivity contribution in [3.63, 3.8) is 0 Å². The van der Waals surface area contributed by atoms with E-state index >= 15 is 0 Å². The van der Waals surface area contributed by atoms with Crippen molar-refractivity contribution in [3.05, 3.63) is 35.6 Å². The number of hydrogen-bond donors (Lipinski definition) is 1. The summed E-state index contributed by atoms with van der Waals surface area (Å²) in [5, 5.41) is 11.9. The predicted molar refractivity (Wildman–Crippen MR) is 95.9 cm³/mol. The SMILES string of the molecule is C[C@@]1(O)CC(C(F)(F)C(F)(F)C(F)(F)C(F)(F)C(F)(F)C(F)(F)C(F)(F)C(F)(F)F)=NN1C(=O)c1ccc(F)cc1. The van der Waals surface area contributed by atoms with Crippen molar-refractivity contribution in [3.8, 4) is 0 Å². The molecule has 0 bridgehead atoms. The monoisotopic (exact) mass is 640 g/mol. The maximum Gasteiger partial charge on any atom is 0.460 e. The third-order valence-corrected chi connectivity index (χ3v) is 5.55. The minimum atomic E-state index is -8.80. The summed E-state index contributed by atoms with van der Waals surface area (Å²) in [5.41, 5.74) is -6.84. The average molecular weight is 640 g/mol. The lowest BCUT2D eigenvalue weighted by Gasteiger charge is -2.42. The molecule has 1 aromatic carbocycles. The molecule has 1 aromatic rings. The van der Waals surface area contributed by atoms with Crippen LogP contribution < -0.4 is 0 Å². The number of rotatable bonds is 8. The van der Waals surface area contributed by atoms with E-state index in [1.54, 1.807) is 0 Å². The summed E-state index contributed by atoms with van der Waals surface area (Å²) in [5.74, 6) is -60.9. The van der Waals surface area contributed by atoms with Gasteiger partial charge in [-0.3, -0.25) is 4.79 Å². The van der Waals surface area contributed by atoms with E-state index in [0.717, 1.165) is 0 Å². The quantitative estimate of drug-likeness (QED) is 0.320. The van der Waals surface area contributed by atoms with Crippen molar-refractivity contribution in [1.29, 1.82) is 0 Å². The normalized spacial score (nSPS) is 20.4. The van der Waals surface area contributed by atoms with Gasteiger partial charge in [0.2, 0.25) is 0 Å². The maximum atomic E-state index is 14.5. The maximum absolute atomic E-state index is 14.5. The lowest BCUT2D eigenvalue weighted by Crippen LogP contribution is -2.75. The number of hydrogen-bond acceptors (Lipinski definition) is 3. The highest BCUT2D eigenvalue weighted by atomic mass is 19.4. The number of benzene rings is 1. The fourth-order valence-electron chi connectivity index (χ4n) is 3.15. The second-order valence-corrected chi connectivity index (χ2v) is 8.58. The molecule has 0 spiro atoms. The summed E-state index contributed by atoms with van der Waals surface area (Å²) in [7, 11) is 0. The van der Waals surface area contributed by atoms with Crippen LogP contribution in [0.25, 0.3) is 0 Å². The Morgan fingerprint density at radius 2 is 1.07 bits per heavy atom. The van der Waals surface area contributed by atoms with Crippen molar-refractivity contribution in [2.75, 3.05) is 0 Å². The molecule has 1 N–H and O–H groups in total. The molecular weight excluding hydrogens is 630 g/mol. The molecule has 2 rings (SSSR count). The molecular formula is C19H10F18N2O2. The second kappa shape index (κ2) is 9.28. The summed E-state index contributed by atoms with van der Waals surface area (Å²) in [4.78, 5) is 12.4. The van der Waals surface area contributed by atoms with Crippen LogP contribution in [-0.2, 0) is 0 Å². The zero-order valence-electron chi connectivity index (χ0n) is 19.1. The molecule has 4 nitrogen and oxygen atoms in total. The van der Waals surface area contributed by atoms with E-state index < -0.39 is 87.8 Å². The highest BCUT2D eigenvalue weighted by Crippen LogP contribution is 2.64. The first-order valence-corrected chi connectivity index (χ1v) is 9.98. The van der Waals surface area contributed by atoms with Crippen LogP contribution in [-0.4, -0.2) is 75.1 Å². The Labute approximate surface area is 214 Å². The third-order valence-electron chi connectivity index (χ3n) is 5.55. The van der Waals surface area contributed by atoms with Gasteiger partial charge in [-0.15, -0.1) is 0 Å². The Balaban J connectivity index is 2.62. The van der Waals surface area contributed by atoms with E-state index in [9.17, 15) is 88.9 Å². The first-order chi connectivity index (χ1) is 17.9. The number of nitrogens with zero attached hydrogens (tertiary/aromatic N) is 2. The minimum absolute atomic E-state index is 0.305. The standard InChI is InChI=1S/C19H10F18N2O2/c1-11(41)6-9(38-39(11)10(40)7-2-4-8(20)5-3-7)12(21,22)13(23,24)14(25,26)15(27,28)16(29,30)17(31,32)18(33,34)19(35,36)37/h2-5,41H,6H2,1H3/t11-/m1/s1. The number of alkyl halides is 17. The molecule has 41 heavy (non-hydrogen) atoms. The topological polar surface area (TPSA) is 52.9 Å². The van der Waals surface area contributed by atoms with Gasteiger partial charge >= 0.3 is 47.6 Å². The molecule has 1 amide bonds. The molecule has 0 radical (unpaired) electrons. The van der Waals surface area contributed by atoms with Gasteiger partial charge in [-0.1, -0.05) is 0 Å². The second-order valence-electron chi connectivity index (χ2n) is 8.58. The third kappa shape index (κ3) is 4.64. The zero-order valence-corrected chi connectivity index (χ0v) is 19.1. The molecule has 22 heteroatoms. The van der Waals surface area contributed by atoms with Gasteiger partial charge in [0.15, 0.2) is 5.72 Å². The molecule has 1 atom stereocenters. The van der Waals surface area contributed by atoms with Gasteiger partial charge < -0.3 is 5.11 Å². The van der Waals surface area contributed by atoms with Crippen LogP contribution in [0.4, 0.5) is 79.0 Å². The fraction of sp³-hybridized carbons (Fsp3) is 0.579. The molecule has 234 valence electrons. The van der Waals surface area contributed by atoms with E-state index in [1.165, 1.54) is 0 Å². The highest BCUT2D eigenvalue weighted by Gasteiger charge is 2.95. The van der Waals surface area contributed by atoms with Crippen molar-refractivity contribution in [1.82, 2.24) is 5.01 Å². The number of carbonyl (C=O) groups excluding carboxylic acids is 1.